The molecule has 1 saturated heterocycles. The molecule has 1 amide bonds. The summed E-state index contributed by atoms with van der Waals surface area (Å²) in [6, 6.07) is 0. The first-order valence-electron chi connectivity index (χ1n) is 9.17. The van der Waals surface area contributed by atoms with Crippen molar-refractivity contribution >= 4 is 11.9 Å². The van der Waals surface area contributed by atoms with Gasteiger partial charge in [0.05, 0.1) is 6.61 Å². The maximum absolute atomic E-state index is 11.8. The number of carbonyl (C=O) groups is 2. The summed E-state index contributed by atoms with van der Waals surface area (Å²) in [6.45, 7) is 3.56. The van der Waals surface area contributed by atoms with Gasteiger partial charge < -0.3 is 9.64 Å². The highest BCUT2D eigenvalue weighted by molar-refractivity contribution is 5.82. The molecule has 128 valence electrons. The van der Waals surface area contributed by atoms with Crippen molar-refractivity contribution in [3.05, 3.63) is 0 Å². The largest absolute Gasteiger partial charge is 0.464 e. The molecule has 0 bridgehead atoms. The van der Waals surface area contributed by atoms with Crippen LogP contribution in [0.2, 0.25) is 0 Å². The number of rotatable bonds is 11. The minimum Gasteiger partial charge on any atom is -0.464 e. The van der Waals surface area contributed by atoms with Crippen LogP contribution in [0.1, 0.15) is 84.0 Å². The second-order valence-electron chi connectivity index (χ2n) is 6.32. The third kappa shape index (κ3) is 9.06. The topological polar surface area (TPSA) is 46.6 Å². The lowest BCUT2D eigenvalue weighted by Gasteiger charge is -2.19. The van der Waals surface area contributed by atoms with Crippen molar-refractivity contribution in [3.8, 4) is 0 Å². The van der Waals surface area contributed by atoms with Gasteiger partial charge in [-0.3, -0.25) is 9.59 Å². The minimum atomic E-state index is -0.252. The van der Waals surface area contributed by atoms with Crippen molar-refractivity contribution in [1.82, 2.24) is 4.90 Å². The van der Waals surface area contributed by atoms with Gasteiger partial charge in [-0.15, -0.1) is 0 Å². The van der Waals surface area contributed by atoms with Gasteiger partial charge >= 0.3 is 5.97 Å². The molecule has 0 atom stereocenters. The number of unbranched alkanes of at least 4 members (excludes halogenated alkanes) is 7. The molecule has 0 aromatic heterocycles. The number of likely N-dealkylation sites (tertiary alicyclic amines) is 1. The Labute approximate surface area is 135 Å². The number of hydrogen-bond acceptors (Lipinski definition) is 3. The molecule has 0 aliphatic carbocycles. The summed E-state index contributed by atoms with van der Waals surface area (Å²) in [5.74, 6) is -0.153. The first-order valence-corrected chi connectivity index (χ1v) is 9.17. The van der Waals surface area contributed by atoms with Crippen molar-refractivity contribution in [2.24, 2.45) is 0 Å². The molecule has 4 heteroatoms. The van der Waals surface area contributed by atoms with E-state index in [2.05, 4.69) is 6.92 Å². The predicted octanol–water partition coefficient (Wildman–Crippen LogP) is 4.07. The number of carbonyl (C=O) groups excluding carboxylic acids is 2. The lowest BCUT2D eigenvalue weighted by Crippen LogP contribution is -2.36. The molecule has 4 nitrogen and oxygen atoms in total. The summed E-state index contributed by atoms with van der Waals surface area (Å²) >= 11 is 0. The molecule has 0 N–H and O–H groups in total. The fourth-order valence-corrected chi connectivity index (χ4v) is 2.83. The van der Waals surface area contributed by atoms with E-state index in [1.54, 1.807) is 4.90 Å². The van der Waals surface area contributed by atoms with Crippen LogP contribution in [-0.2, 0) is 14.3 Å². The zero-order valence-corrected chi connectivity index (χ0v) is 14.3. The first kappa shape index (κ1) is 19.0. The fourth-order valence-electron chi connectivity index (χ4n) is 2.83. The quantitative estimate of drug-likeness (QED) is 0.427. The molecule has 22 heavy (non-hydrogen) atoms. The Morgan fingerprint density at radius 3 is 2.41 bits per heavy atom. The molecule has 0 saturated carbocycles. The second-order valence-corrected chi connectivity index (χ2v) is 6.32. The lowest BCUT2D eigenvalue weighted by atomic mass is 10.1. The molecule has 0 aromatic rings. The average molecular weight is 311 g/mol. The number of esters is 1. The van der Waals surface area contributed by atoms with Crippen LogP contribution in [0.15, 0.2) is 0 Å². The van der Waals surface area contributed by atoms with Gasteiger partial charge in [-0.1, -0.05) is 58.3 Å². The Balaban J connectivity index is 1.98. The van der Waals surface area contributed by atoms with Crippen molar-refractivity contribution < 1.29 is 14.3 Å². The van der Waals surface area contributed by atoms with Crippen LogP contribution in [0.25, 0.3) is 0 Å². The highest BCUT2D eigenvalue weighted by atomic mass is 16.5. The summed E-state index contributed by atoms with van der Waals surface area (Å²) in [5.41, 5.74) is 0. The van der Waals surface area contributed by atoms with Crippen LogP contribution in [-0.4, -0.2) is 36.5 Å². The Morgan fingerprint density at radius 1 is 1.00 bits per heavy atom. The van der Waals surface area contributed by atoms with Crippen molar-refractivity contribution in [2.75, 3.05) is 19.7 Å². The van der Waals surface area contributed by atoms with Crippen molar-refractivity contribution in [3.63, 3.8) is 0 Å². The molecular weight excluding hydrogens is 278 g/mol. The molecule has 1 aliphatic rings. The maximum Gasteiger partial charge on any atom is 0.325 e. The molecular formula is C18H33NO3. The van der Waals surface area contributed by atoms with E-state index in [9.17, 15) is 9.59 Å². The summed E-state index contributed by atoms with van der Waals surface area (Å²) in [4.78, 5) is 25.2. The van der Waals surface area contributed by atoms with E-state index in [0.717, 1.165) is 32.1 Å². The minimum absolute atomic E-state index is 0.0986. The Bertz CT molecular complexity index is 317. The number of hydrogen-bond donors (Lipinski definition) is 0. The number of nitrogens with zero attached hydrogens (tertiary/aromatic N) is 1. The van der Waals surface area contributed by atoms with E-state index in [1.807, 2.05) is 0 Å². The standard InChI is InChI=1S/C18H33NO3/c1-2-3-4-5-6-7-8-12-15-22-18(21)16-19-14-11-9-10-13-17(19)20/h2-16H2,1H3. The molecule has 1 aliphatic heterocycles. The average Bonchev–Trinajstić information content (AvgIpc) is 2.71. The third-order valence-electron chi connectivity index (χ3n) is 4.25. The SMILES string of the molecule is CCCCCCCCCCOC(=O)CN1CCCCCC1=O. The zero-order valence-electron chi connectivity index (χ0n) is 14.3. The van der Waals surface area contributed by atoms with Crippen LogP contribution in [0, 0.1) is 0 Å². The molecule has 1 heterocycles. The highest BCUT2D eigenvalue weighted by Crippen LogP contribution is 2.11. The van der Waals surface area contributed by atoms with Crippen molar-refractivity contribution in [2.45, 2.75) is 84.0 Å². The predicted molar refractivity (Wildman–Crippen MR) is 88.6 cm³/mol. The van der Waals surface area contributed by atoms with Gasteiger partial charge in [0.2, 0.25) is 5.91 Å². The summed E-state index contributed by atoms with van der Waals surface area (Å²) in [7, 11) is 0. The summed E-state index contributed by atoms with van der Waals surface area (Å²) in [6.07, 6.45) is 13.5. The van der Waals surface area contributed by atoms with E-state index < -0.39 is 0 Å². The summed E-state index contributed by atoms with van der Waals surface area (Å²) in [5, 5.41) is 0. The molecule has 1 rings (SSSR count). The Morgan fingerprint density at radius 2 is 1.68 bits per heavy atom. The number of ether oxygens (including phenoxy) is 1. The maximum atomic E-state index is 11.8. The van der Waals surface area contributed by atoms with Gasteiger partial charge in [-0.2, -0.15) is 0 Å². The molecule has 0 aromatic carbocycles. The van der Waals surface area contributed by atoms with Crippen LogP contribution in [0.3, 0.4) is 0 Å². The van der Waals surface area contributed by atoms with Gasteiger partial charge in [-0.25, -0.2) is 0 Å². The zero-order chi connectivity index (χ0) is 16.0. The van der Waals surface area contributed by atoms with E-state index in [4.69, 9.17) is 4.74 Å². The smallest absolute Gasteiger partial charge is 0.325 e. The first-order chi connectivity index (χ1) is 10.7. The van der Waals surface area contributed by atoms with Crippen LogP contribution in [0.4, 0.5) is 0 Å². The van der Waals surface area contributed by atoms with Gasteiger partial charge in [0.15, 0.2) is 0 Å². The monoisotopic (exact) mass is 311 g/mol. The lowest BCUT2D eigenvalue weighted by molar-refractivity contribution is -0.149. The number of amides is 1. The Hall–Kier alpha value is -1.06. The highest BCUT2D eigenvalue weighted by Gasteiger charge is 2.19. The molecule has 0 spiro atoms. The fraction of sp³-hybridized carbons (Fsp3) is 0.889. The van der Waals surface area contributed by atoms with Crippen LogP contribution in [0.5, 0.6) is 0 Å². The van der Waals surface area contributed by atoms with E-state index in [-0.39, 0.29) is 18.4 Å². The van der Waals surface area contributed by atoms with Gasteiger partial charge in [0, 0.05) is 13.0 Å². The normalized spacial score (nSPS) is 15.7. The van der Waals surface area contributed by atoms with Gasteiger partial charge in [-0.05, 0) is 19.3 Å². The molecule has 0 radical (unpaired) electrons. The van der Waals surface area contributed by atoms with E-state index >= 15 is 0 Å². The van der Waals surface area contributed by atoms with E-state index in [1.165, 1.54) is 38.5 Å². The van der Waals surface area contributed by atoms with Crippen LogP contribution < -0.4 is 0 Å². The van der Waals surface area contributed by atoms with Gasteiger partial charge in [0.25, 0.3) is 0 Å². The van der Waals surface area contributed by atoms with Gasteiger partial charge in [0.1, 0.15) is 6.54 Å². The van der Waals surface area contributed by atoms with Crippen molar-refractivity contribution in [1.29, 1.82) is 0 Å². The molecule has 1 fully saturated rings. The van der Waals surface area contributed by atoms with Crippen LogP contribution >= 0.6 is 0 Å². The summed E-state index contributed by atoms with van der Waals surface area (Å²) < 4.78 is 5.25. The Kier molecular flexibility index (Phi) is 10.8. The second kappa shape index (κ2) is 12.5. The third-order valence-corrected chi connectivity index (χ3v) is 4.25. The van der Waals surface area contributed by atoms with E-state index in [0.29, 0.717) is 19.6 Å². The molecule has 0 unspecified atom stereocenters.